The van der Waals surface area contributed by atoms with Gasteiger partial charge in [-0.15, -0.1) is 0 Å². The third-order valence-corrected chi connectivity index (χ3v) is 4.41. The van der Waals surface area contributed by atoms with Gasteiger partial charge in [-0.25, -0.2) is 9.37 Å². The van der Waals surface area contributed by atoms with E-state index in [1.54, 1.807) is 24.5 Å². The number of imidazole rings is 1. The van der Waals surface area contributed by atoms with Gasteiger partial charge < -0.3 is 10.3 Å². The Bertz CT molecular complexity index is 1090. The van der Waals surface area contributed by atoms with Crippen LogP contribution in [0.5, 0.6) is 0 Å². The first-order chi connectivity index (χ1) is 12.2. The summed E-state index contributed by atoms with van der Waals surface area (Å²) in [6.45, 7) is 0. The fraction of sp³-hybridized carbons (Fsp3) is 0.176. The molecule has 1 aromatic carbocycles. The molecule has 7 nitrogen and oxygen atoms in total. The SMILES string of the molecule is Nc1ncnn1-c1nc2cncc(-c3ccccc3F)c2n1C1CC1. The molecule has 0 amide bonds. The molecule has 0 atom stereocenters. The minimum absolute atomic E-state index is 0.262. The maximum Gasteiger partial charge on any atom is 0.235 e. The average molecular weight is 335 g/mol. The van der Waals surface area contributed by atoms with Gasteiger partial charge in [0.25, 0.3) is 0 Å². The van der Waals surface area contributed by atoms with Crippen LogP contribution >= 0.6 is 0 Å². The Morgan fingerprint density at radius 2 is 1.96 bits per heavy atom. The highest BCUT2D eigenvalue weighted by Gasteiger charge is 2.31. The van der Waals surface area contributed by atoms with Gasteiger partial charge >= 0.3 is 0 Å². The van der Waals surface area contributed by atoms with Gasteiger partial charge in [-0.2, -0.15) is 14.8 Å². The maximum absolute atomic E-state index is 14.4. The summed E-state index contributed by atoms with van der Waals surface area (Å²) in [5, 5.41) is 4.17. The minimum Gasteiger partial charge on any atom is -0.368 e. The summed E-state index contributed by atoms with van der Waals surface area (Å²) in [6.07, 6.45) is 6.81. The molecular formula is C17H14FN7. The Morgan fingerprint density at radius 3 is 2.68 bits per heavy atom. The molecule has 124 valence electrons. The fourth-order valence-electron chi connectivity index (χ4n) is 3.15. The molecule has 1 aliphatic carbocycles. The number of hydrogen-bond acceptors (Lipinski definition) is 5. The summed E-state index contributed by atoms with van der Waals surface area (Å²) in [6, 6.07) is 6.97. The highest BCUT2D eigenvalue weighted by atomic mass is 19.1. The largest absolute Gasteiger partial charge is 0.368 e. The van der Waals surface area contributed by atoms with Crippen LogP contribution in [0.3, 0.4) is 0 Å². The fourth-order valence-corrected chi connectivity index (χ4v) is 3.15. The highest BCUT2D eigenvalue weighted by molar-refractivity contribution is 5.92. The number of halogens is 1. The van der Waals surface area contributed by atoms with E-state index >= 15 is 0 Å². The molecule has 1 aliphatic rings. The van der Waals surface area contributed by atoms with Crippen molar-refractivity contribution in [3.8, 4) is 17.1 Å². The third kappa shape index (κ3) is 2.10. The van der Waals surface area contributed by atoms with Crippen LogP contribution in [0.4, 0.5) is 10.3 Å². The zero-order valence-electron chi connectivity index (χ0n) is 13.2. The van der Waals surface area contributed by atoms with Gasteiger partial charge in [0.05, 0.1) is 11.7 Å². The van der Waals surface area contributed by atoms with Crippen LogP contribution in [-0.4, -0.2) is 29.3 Å². The number of pyridine rings is 1. The number of aromatic nitrogens is 6. The van der Waals surface area contributed by atoms with Gasteiger partial charge in [0.2, 0.25) is 11.9 Å². The number of anilines is 1. The molecule has 5 rings (SSSR count). The van der Waals surface area contributed by atoms with Gasteiger partial charge in [0, 0.05) is 23.4 Å². The molecule has 1 fully saturated rings. The first kappa shape index (κ1) is 14.1. The minimum atomic E-state index is -0.290. The molecule has 2 N–H and O–H groups in total. The van der Waals surface area contributed by atoms with Crippen LogP contribution < -0.4 is 5.73 Å². The van der Waals surface area contributed by atoms with Gasteiger partial charge in [-0.05, 0) is 18.9 Å². The van der Waals surface area contributed by atoms with Gasteiger partial charge in [-0.1, -0.05) is 18.2 Å². The molecule has 25 heavy (non-hydrogen) atoms. The second-order valence-electron chi connectivity index (χ2n) is 6.08. The van der Waals surface area contributed by atoms with E-state index in [1.807, 2.05) is 6.07 Å². The Hall–Kier alpha value is -3.29. The molecule has 3 heterocycles. The first-order valence-corrected chi connectivity index (χ1v) is 8.01. The number of hydrogen-bond donors (Lipinski definition) is 1. The molecule has 8 heteroatoms. The van der Waals surface area contributed by atoms with Crippen molar-refractivity contribution in [3.63, 3.8) is 0 Å². The summed E-state index contributed by atoms with van der Waals surface area (Å²) < 4.78 is 18.0. The van der Waals surface area contributed by atoms with Crippen molar-refractivity contribution in [2.24, 2.45) is 0 Å². The van der Waals surface area contributed by atoms with Crippen LogP contribution in [0, 0.1) is 5.82 Å². The lowest BCUT2D eigenvalue weighted by molar-refractivity contribution is 0.631. The van der Waals surface area contributed by atoms with Crippen LogP contribution in [0.15, 0.2) is 43.0 Å². The highest BCUT2D eigenvalue weighted by Crippen LogP contribution is 2.42. The number of rotatable bonds is 3. The molecule has 0 spiro atoms. The van der Waals surface area contributed by atoms with E-state index < -0.39 is 0 Å². The first-order valence-electron chi connectivity index (χ1n) is 8.01. The number of nitrogens with two attached hydrogens (primary N) is 1. The zero-order valence-corrected chi connectivity index (χ0v) is 13.2. The van der Waals surface area contributed by atoms with E-state index in [2.05, 4.69) is 24.6 Å². The van der Waals surface area contributed by atoms with Crippen LogP contribution in [0.2, 0.25) is 0 Å². The number of benzene rings is 1. The van der Waals surface area contributed by atoms with Crippen molar-refractivity contribution in [2.45, 2.75) is 18.9 Å². The van der Waals surface area contributed by atoms with Crippen molar-refractivity contribution >= 4 is 17.0 Å². The van der Waals surface area contributed by atoms with Gasteiger partial charge in [0.1, 0.15) is 17.7 Å². The van der Waals surface area contributed by atoms with Crippen molar-refractivity contribution in [1.82, 2.24) is 29.3 Å². The molecular weight excluding hydrogens is 321 g/mol. The van der Waals surface area contributed by atoms with Crippen molar-refractivity contribution in [1.29, 1.82) is 0 Å². The Kier molecular flexibility index (Phi) is 2.87. The summed E-state index contributed by atoms with van der Waals surface area (Å²) in [5.74, 6) is 0.554. The molecule has 0 aliphatic heterocycles. The molecule has 4 aromatic rings. The Morgan fingerprint density at radius 1 is 1.12 bits per heavy atom. The topological polar surface area (TPSA) is 87.4 Å². The molecule has 1 saturated carbocycles. The second kappa shape index (κ2) is 5.10. The molecule has 0 bridgehead atoms. The van der Waals surface area contributed by atoms with Gasteiger partial charge in [-0.3, -0.25) is 4.98 Å². The van der Waals surface area contributed by atoms with E-state index in [9.17, 15) is 4.39 Å². The van der Waals surface area contributed by atoms with Crippen molar-refractivity contribution in [3.05, 3.63) is 48.8 Å². The maximum atomic E-state index is 14.4. The third-order valence-electron chi connectivity index (χ3n) is 4.41. The van der Waals surface area contributed by atoms with Crippen LogP contribution in [0.1, 0.15) is 18.9 Å². The zero-order chi connectivity index (χ0) is 17.0. The van der Waals surface area contributed by atoms with Gasteiger partial charge in [0.15, 0.2) is 0 Å². The molecule has 0 unspecified atom stereocenters. The second-order valence-corrected chi connectivity index (χ2v) is 6.08. The Labute approximate surface area is 142 Å². The normalized spacial score (nSPS) is 14.3. The number of nitrogen functional groups attached to an aromatic ring is 1. The van der Waals surface area contributed by atoms with E-state index in [-0.39, 0.29) is 17.8 Å². The summed E-state index contributed by atoms with van der Waals surface area (Å²) >= 11 is 0. The van der Waals surface area contributed by atoms with Crippen molar-refractivity contribution in [2.75, 3.05) is 5.73 Å². The van der Waals surface area contributed by atoms with Crippen LogP contribution in [-0.2, 0) is 0 Å². The standard InChI is InChI=1S/C17H14FN7/c18-13-4-2-1-3-11(13)12-7-20-8-14-15(12)24(10-5-6-10)17(23-14)25-16(19)21-9-22-25/h1-4,7-10H,5-6H2,(H2,19,21,22). The molecule has 0 saturated heterocycles. The average Bonchev–Trinajstić information content (AvgIpc) is 3.25. The summed E-state index contributed by atoms with van der Waals surface area (Å²) in [5.41, 5.74) is 8.64. The van der Waals surface area contributed by atoms with Crippen molar-refractivity contribution < 1.29 is 4.39 Å². The Balaban J connectivity index is 1.86. The monoisotopic (exact) mass is 335 g/mol. The van der Waals surface area contributed by atoms with E-state index in [1.165, 1.54) is 17.1 Å². The van der Waals surface area contributed by atoms with Crippen LogP contribution in [0.25, 0.3) is 28.1 Å². The molecule has 0 radical (unpaired) electrons. The predicted molar refractivity (Wildman–Crippen MR) is 90.5 cm³/mol. The van der Waals surface area contributed by atoms with E-state index in [4.69, 9.17) is 5.73 Å². The predicted octanol–water partition coefficient (Wildman–Crippen LogP) is 2.74. The van der Waals surface area contributed by atoms with E-state index in [0.29, 0.717) is 22.6 Å². The smallest absolute Gasteiger partial charge is 0.235 e. The molecule has 3 aromatic heterocycles. The lowest BCUT2D eigenvalue weighted by Crippen LogP contribution is -2.10. The summed E-state index contributed by atoms with van der Waals surface area (Å²) in [7, 11) is 0. The lowest BCUT2D eigenvalue weighted by Gasteiger charge is -2.11. The lowest BCUT2D eigenvalue weighted by atomic mass is 10.1. The summed E-state index contributed by atoms with van der Waals surface area (Å²) in [4.78, 5) is 12.9. The number of fused-ring (bicyclic) bond motifs is 1. The number of nitrogens with zero attached hydrogens (tertiary/aromatic N) is 6. The quantitative estimate of drug-likeness (QED) is 0.622. The van der Waals surface area contributed by atoms with E-state index in [0.717, 1.165) is 18.4 Å².